The normalized spacial score (nSPS) is 10.6. The van der Waals surface area contributed by atoms with E-state index in [9.17, 15) is 0 Å². The molecule has 110 valence electrons. The molecule has 1 N–H and O–H groups in total. The smallest absolute Gasteiger partial charge is 0.0691 e. The minimum absolute atomic E-state index is 0.0766. The van der Waals surface area contributed by atoms with E-state index in [1.165, 1.54) is 6.21 Å². The summed E-state index contributed by atoms with van der Waals surface area (Å²) in [5.41, 5.74) is 2.24. The van der Waals surface area contributed by atoms with Crippen molar-refractivity contribution in [3.05, 3.63) is 48.2 Å². The number of hydrogen-bond acceptors (Lipinski definition) is 2. The minimum Gasteiger partial charge on any atom is -0.392 e. The molecule has 0 heterocycles. The highest BCUT2D eigenvalue weighted by Gasteiger charge is 1.94. The number of aliphatic imine (C=N–C) groups is 1. The van der Waals surface area contributed by atoms with Crippen LogP contribution < -0.4 is 0 Å². The fraction of sp³-hybridized carbons (Fsp3) is 0.471. The van der Waals surface area contributed by atoms with Crippen LogP contribution >= 0.6 is 0 Å². The number of hydrogen-bond donors (Lipinski definition) is 1. The second-order valence-corrected chi connectivity index (χ2v) is 3.08. The summed E-state index contributed by atoms with van der Waals surface area (Å²) in [5, 5.41) is 8.74. The van der Waals surface area contributed by atoms with Crippen LogP contribution in [0.25, 0.3) is 0 Å². The van der Waals surface area contributed by atoms with Gasteiger partial charge in [-0.3, -0.25) is 4.99 Å². The number of allylic oxidation sites excluding steroid dienone is 3. The first kappa shape index (κ1) is 22.7. The Morgan fingerprint density at radius 3 is 2.05 bits per heavy atom. The topological polar surface area (TPSA) is 32.6 Å². The Morgan fingerprint density at radius 1 is 1.16 bits per heavy atom. The first-order valence-electron chi connectivity index (χ1n) is 7.00. The van der Waals surface area contributed by atoms with Crippen LogP contribution in [0.15, 0.2) is 53.2 Å². The lowest BCUT2D eigenvalue weighted by atomic mass is 10.1. The highest BCUT2D eigenvalue weighted by atomic mass is 16.3. The second-order valence-electron chi connectivity index (χ2n) is 3.08. The first-order chi connectivity index (χ1) is 9.15. The number of nitrogens with zero attached hydrogens (tertiary/aromatic N) is 1. The van der Waals surface area contributed by atoms with E-state index in [0.717, 1.165) is 12.0 Å². The van der Waals surface area contributed by atoms with Crippen LogP contribution in [0, 0.1) is 0 Å². The molecule has 0 saturated carbocycles. The van der Waals surface area contributed by atoms with Crippen LogP contribution in [-0.4, -0.2) is 17.9 Å². The zero-order chi connectivity index (χ0) is 15.7. The standard InChI is InChI=1S/C13H19NO.2C2H6/c1-5-7-8-13(6-2)12(4)14-9-11(3)10-15;2*1-2/h6-9,15H,3-5,10H2,1-2H3;2*1-2H3/b8-7-,13-6+,14-9?;;. The summed E-state index contributed by atoms with van der Waals surface area (Å²) in [4.78, 5) is 4.12. The van der Waals surface area contributed by atoms with Crippen molar-refractivity contribution in [3.8, 4) is 0 Å². The molecule has 0 aromatic rings. The summed E-state index contributed by atoms with van der Waals surface area (Å²) in [5.74, 6) is 0. The molecule has 0 aliphatic heterocycles. The Bertz CT molecular complexity index is 309. The summed E-state index contributed by atoms with van der Waals surface area (Å²) < 4.78 is 0. The van der Waals surface area contributed by atoms with E-state index in [-0.39, 0.29) is 6.61 Å². The minimum atomic E-state index is -0.0766. The maximum atomic E-state index is 8.74. The monoisotopic (exact) mass is 265 g/mol. The van der Waals surface area contributed by atoms with Gasteiger partial charge in [0.15, 0.2) is 0 Å². The third-order valence-electron chi connectivity index (χ3n) is 1.78. The maximum Gasteiger partial charge on any atom is 0.0691 e. The van der Waals surface area contributed by atoms with Crippen LogP contribution in [0.5, 0.6) is 0 Å². The third-order valence-corrected chi connectivity index (χ3v) is 1.78. The molecule has 0 atom stereocenters. The van der Waals surface area contributed by atoms with Gasteiger partial charge in [-0.15, -0.1) is 0 Å². The molecule has 0 spiro atoms. The van der Waals surface area contributed by atoms with Gasteiger partial charge in [0.05, 0.1) is 12.3 Å². The molecule has 0 aliphatic rings. The molecule has 0 unspecified atom stereocenters. The van der Waals surface area contributed by atoms with Crippen molar-refractivity contribution in [2.75, 3.05) is 6.61 Å². The Labute approximate surface area is 120 Å². The van der Waals surface area contributed by atoms with Crippen molar-refractivity contribution in [2.45, 2.75) is 48.0 Å². The Kier molecular flexibility index (Phi) is 22.7. The summed E-state index contributed by atoms with van der Waals surface area (Å²) in [6.07, 6.45) is 8.51. The Hall–Kier alpha value is -1.41. The maximum absolute atomic E-state index is 8.74. The third kappa shape index (κ3) is 14.5. The van der Waals surface area contributed by atoms with Gasteiger partial charge >= 0.3 is 0 Å². The first-order valence-corrected chi connectivity index (χ1v) is 7.00. The van der Waals surface area contributed by atoms with E-state index in [1.54, 1.807) is 0 Å². The van der Waals surface area contributed by atoms with Gasteiger partial charge < -0.3 is 5.11 Å². The van der Waals surface area contributed by atoms with Crippen molar-refractivity contribution in [2.24, 2.45) is 4.99 Å². The SMILES string of the molecule is C=C(C=NC(=C)C(/C=C\CC)=C/C)CO.CC.CC. The van der Waals surface area contributed by atoms with Crippen LogP contribution in [-0.2, 0) is 0 Å². The van der Waals surface area contributed by atoms with E-state index in [0.29, 0.717) is 11.3 Å². The van der Waals surface area contributed by atoms with Crippen LogP contribution in [0.4, 0.5) is 0 Å². The fourth-order valence-corrected chi connectivity index (χ4v) is 0.888. The van der Waals surface area contributed by atoms with Crippen molar-refractivity contribution < 1.29 is 5.11 Å². The van der Waals surface area contributed by atoms with Gasteiger partial charge in [-0.2, -0.15) is 0 Å². The second kappa shape index (κ2) is 18.9. The van der Waals surface area contributed by atoms with Crippen molar-refractivity contribution in [1.82, 2.24) is 0 Å². The molecule has 0 fully saturated rings. The lowest BCUT2D eigenvalue weighted by Gasteiger charge is -2.00. The molecule has 19 heavy (non-hydrogen) atoms. The quantitative estimate of drug-likeness (QED) is 0.527. The number of aliphatic hydroxyl groups is 1. The van der Waals surface area contributed by atoms with Crippen molar-refractivity contribution in [3.63, 3.8) is 0 Å². The molecule has 0 rings (SSSR count). The molecule has 2 nitrogen and oxygen atoms in total. The average Bonchev–Trinajstić information content (AvgIpc) is 2.49. The Balaban J connectivity index is -0.000000579. The van der Waals surface area contributed by atoms with Crippen LogP contribution in [0.2, 0.25) is 0 Å². The molecule has 0 aromatic heterocycles. The molecular formula is C17H31NO. The van der Waals surface area contributed by atoms with Gasteiger partial charge in [0.2, 0.25) is 0 Å². The highest BCUT2D eigenvalue weighted by Crippen LogP contribution is 2.11. The van der Waals surface area contributed by atoms with Gasteiger partial charge in [0.1, 0.15) is 0 Å². The number of aliphatic hydroxyl groups excluding tert-OH is 1. The van der Waals surface area contributed by atoms with Gasteiger partial charge in [-0.05, 0) is 24.5 Å². The Morgan fingerprint density at radius 2 is 1.68 bits per heavy atom. The van der Waals surface area contributed by atoms with Crippen LogP contribution in [0.1, 0.15) is 48.0 Å². The molecular weight excluding hydrogens is 234 g/mol. The van der Waals surface area contributed by atoms with Gasteiger partial charge in [0, 0.05) is 6.21 Å². The lowest BCUT2D eigenvalue weighted by molar-refractivity contribution is 0.338. The van der Waals surface area contributed by atoms with Gasteiger partial charge in [0.25, 0.3) is 0 Å². The summed E-state index contributed by atoms with van der Waals surface area (Å²) >= 11 is 0. The average molecular weight is 265 g/mol. The van der Waals surface area contributed by atoms with Crippen molar-refractivity contribution in [1.29, 1.82) is 0 Å². The predicted octanol–water partition coefficient (Wildman–Crippen LogP) is 5.08. The fourth-order valence-electron chi connectivity index (χ4n) is 0.888. The van der Waals surface area contributed by atoms with Gasteiger partial charge in [-0.1, -0.05) is 66.0 Å². The summed E-state index contributed by atoms with van der Waals surface area (Å²) in [7, 11) is 0. The molecule has 0 radical (unpaired) electrons. The largest absolute Gasteiger partial charge is 0.392 e. The van der Waals surface area contributed by atoms with E-state index in [4.69, 9.17) is 5.11 Å². The molecule has 0 amide bonds. The van der Waals surface area contributed by atoms with E-state index in [1.807, 2.05) is 46.8 Å². The van der Waals surface area contributed by atoms with Crippen LogP contribution in [0.3, 0.4) is 0 Å². The lowest BCUT2D eigenvalue weighted by Crippen LogP contribution is -1.90. The predicted molar refractivity (Wildman–Crippen MR) is 89.7 cm³/mol. The molecule has 0 saturated heterocycles. The van der Waals surface area contributed by atoms with Crippen molar-refractivity contribution >= 4 is 6.21 Å². The van der Waals surface area contributed by atoms with Gasteiger partial charge in [-0.25, -0.2) is 0 Å². The molecule has 0 bridgehead atoms. The summed E-state index contributed by atoms with van der Waals surface area (Å²) in [6.45, 7) is 19.4. The molecule has 0 aliphatic carbocycles. The molecule has 0 aromatic carbocycles. The number of rotatable bonds is 6. The van der Waals surface area contributed by atoms with E-state index >= 15 is 0 Å². The van der Waals surface area contributed by atoms with E-state index < -0.39 is 0 Å². The van der Waals surface area contributed by atoms with E-state index in [2.05, 4.69) is 31.2 Å². The zero-order valence-corrected chi connectivity index (χ0v) is 13.5. The highest BCUT2D eigenvalue weighted by molar-refractivity contribution is 5.79. The zero-order valence-electron chi connectivity index (χ0n) is 13.5. The molecule has 2 heteroatoms. The summed E-state index contributed by atoms with van der Waals surface area (Å²) in [6, 6.07) is 0.